The highest BCUT2D eigenvalue weighted by molar-refractivity contribution is 6.32. The van der Waals surface area contributed by atoms with Crippen molar-refractivity contribution < 1.29 is 22.7 Å². The van der Waals surface area contributed by atoms with Gasteiger partial charge in [-0.15, -0.1) is 0 Å². The number of rotatable bonds is 4. The van der Waals surface area contributed by atoms with Crippen LogP contribution in [0.15, 0.2) is 35.5 Å². The van der Waals surface area contributed by atoms with Gasteiger partial charge in [-0.1, -0.05) is 41.4 Å². The number of guanidine groups is 1. The molecule has 2 aliphatic heterocycles. The highest BCUT2D eigenvalue weighted by Gasteiger charge is 2.41. The van der Waals surface area contributed by atoms with Gasteiger partial charge in [0.1, 0.15) is 5.15 Å². The van der Waals surface area contributed by atoms with E-state index in [1.807, 2.05) is 0 Å². The lowest BCUT2D eigenvalue weighted by atomic mass is 9.85. The Kier molecular flexibility index (Phi) is 6.81. The monoisotopic (exact) mass is 514 g/mol. The fourth-order valence-electron chi connectivity index (χ4n) is 4.45. The molecule has 0 saturated carbocycles. The van der Waals surface area contributed by atoms with E-state index in [1.165, 1.54) is 4.90 Å². The summed E-state index contributed by atoms with van der Waals surface area (Å²) in [5, 5.41) is 0.255. The van der Waals surface area contributed by atoms with Gasteiger partial charge in [0.15, 0.2) is 5.96 Å². The van der Waals surface area contributed by atoms with Gasteiger partial charge >= 0.3 is 6.18 Å². The summed E-state index contributed by atoms with van der Waals surface area (Å²) in [6.45, 7) is 2.88. The lowest BCUT2D eigenvalue weighted by Crippen LogP contribution is -2.55. The van der Waals surface area contributed by atoms with E-state index in [2.05, 4.69) is 9.98 Å². The molecule has 1 aromatic heterocycles. The van der Waals surface area contributed by atoms with Crippen molar-refractivity contribution in [3.8, 4) is 0 Å². The van der Waals surface area contributed by atoms with Gasteiger partial charge in [-0.05, 0) is 42.5 Å². The van der Waals surface area contributed by atoms with Crippen LogP contribution in [0, 0.1) is 0 Å². The van der Waals surface area contributed by atoms with Crippen LogP contribution in [0.1, 0.15) is 48.4 Å². The van der Waals surface area contributed by atoms with Crippen LogP contribution in [0.25, 0.3) is 0 Å². The molecule has 1 aromatic carbocycles. The first-order chi connectivity index (χ1) is 16.0. The van der Waals surface area contributed by atoms with Crippen molar-refractivity contribution in [1.29, 1.82) is 0 Å². The van der Waals surface area contributed by atoms with Gasteiger partial charge in [0.2, 0.25) is 5.91 Å². The normalized spacial score (nSPS) is 22.1. The van der Waals surface area contributed by atoms with Crippen LogP contribution in [0.5, 0.6) is 0 Å². The van der Waals surface area contributed by atoms with Crippen LogP contribution in [0.4, 0.5) is 13.2 Å². The summed E-state index contributed by atoms with van der Waals surface area (Å²) in [7, 11) is 0. The molecule has 182 valence electrons. The minimum Gasteiger partial charge on any atom is -0.381 e. The van der Waals surface area contributed by atoms with E-state index in [0.717, 1.165) is 6.07 Å². The average Bonchev–Trinajstić information content (AvgIpc) is 2.76. The number of nitrogens with zero attached hydrogens (tertiary/aromatic N) is 3. The molecule has 34 heavy (non-hydrogen) atoms. The molecule has 0 bridgehead atoms. The Labute approximate surface area is 204 Å². The lowest BCUT2D eigenvalue weighted by molar-refractivity contribution is -0.138. The zero-order valence-corrected chi connectivity index (χ0v) is 19.8. The predicted octanol–water partition coefficient (Wildman–Crippen LogP) is 4.94. The first-order valence-corrected chi connectivity index (χ1v) is 11.5. The Hall–Kier alpha value is -2.36. The molecule has 2 aliphatic rings. The third kappa shape index (κ3) is 4.87. The second kappa shape index (κ2) is 9.36. The zero-order chi connectivity index (χ0) is 24.7. The van der Waals surface area contributed by atoms with E-state index < -0.39 is 17.3 Å². The molecule has 0 aliphatic carbocycles. The van der Waals surface area contributed by atoms with Gasteiger partial charge in [-0.3, -0.25) is 9.69 Å². The largest absolute Gasteiger partial charge is 0.417 e. The molecule has 1 amide bonds. The summed E-state index contributed by atoms with van der Waals surface area (Å²) in [6.07, 6.45) is -2.40. The number of hydrogen-bond acceptors (Lipinski definition) is 5. The van der Waals surface area contributed by atoms with E-state index in [4.69, 9.17) is 33.7 Å². The van der Waals surface area contributed by atoms with Crippen LogP contribution < -0.4 is 5.73 Å². The lowest BCUT2D eigenvalue weighted by Gasteiger charge is -2.40. The molecule has 1 fully saturated rings. The molecule has 2 N–H and O–H groups in total. The Bertz CT molecular complexity index is 1140. The van der Waals surface area contributed by atoms with Crippen LogP contribution in [0.3, 0.4) is 0 Å². The molecule has 2 aromatic rings. The van der Waals surface area contributed by atoms with Gasteiger partial charge in [-0.25, -0.2) is 9.98 Å². The first-order valence-electron chi connectivity index (χ1n) is 10.7. The standard InChI is InChI=1S/C23H23Cl2F3N4O2/c1-22(11-18(33)32(21(29)31-22)16-5-7-34-8-6-16)17-4-2-3-13(19(17)24)9-14-10-15(23(26,27)28)12-30-20(14)25/h2-4,10,12,16H,5-9,11H2,1H3,(H2,29,31)/t22-/m0/s1. The maximum absolute atomic E-state index is 13.1. The average molecular weight is 515 g/mol. The van der Waals surface area contributed by atoms with E-state index in [9.17, 15) is 18.0 Å². The van der Waals surface area contributed by atoms with Crippen molar-refractivity contribution in [1.82, 2.24) is 9.88 Å². The highest BCUT2D eigenvalue weighted by Crippen LogP contribution is 2.40. The summed E-state index contributed by atoms with van der Waals surface area (Å²) in [6, 6.07) is 6.06. The summed E-state index contributed by atoms with van der Waals surface area (Å²) >= 11 is 12.8. The second-order valence-corrected chi connectivity index (χ2v) is 9.39. The summed E-state index contributed by atoms with van der Waals surface area (Å²) in [5.41, 5.74) is 5.61. The first kappa shape index (κ1) is 24.8. The smallest absolute Gasteiger partial charge is 0.381 e. The van der Waals surface area contributed by atoms with Crippen LogP contribution >= 0.6 is 23.2 Å². The quantitative estimate of drug-likeness (QED) is 0.586. The molecule has 11 heteroatoms. The van der Waals surface area contributed by atoms with E-state index in [-0.39, 0.29) is 41.5 Å². The minimum absolute atomic E-state index is 0.0276. The van der Waals surface area contributed by atoms with E-state index >= 15 is 0 Å². The van der Waals surface area contributed by atoms with Gasteiger partial charge in [-0.2, -0.15) is 13.2 Å². The zero-order valence-electron chi connectivity index (χ0n) is 18.3. The van der Waals surface area contributed by atoms with Crippen molar-refractivity contribution in [2.45, 2.75) is 50.4 Å². The van der Waals surface area contributed by atoms with Crippen molar-refractivity contribution in [2.75, 3.05) is 13.2 Å². The summed E-state index contributed by atoms with van der Waals surface area (Å²) in [4.78, 5) is 23.0. The van der Waals surface area contributed by atoms with Crippen molar-refractivity contribution in [3.63, 3.8) is 0 Å². The van der Waals surface area contributed by atoms with Crippen LogP contribution in [-0.2, 0) is 27.7 Å². The molecule has 6 nitrogen and oxygen atoms in total. The molecular formula is C23H23Cl2F3N4O2. The SMILES string of the molecule is C[C@@]1(c2cccc(Cc3cc(C(F)(F)F)cnc3Cl)c2Cl)CC(=O)N(C2CCOCC2)C(N)=N1. The second-order valence-electron chi connectivity index (χ2n) is 8.66. The van der Waals surface area contributed by atoms with Crippen LogP contribution in [0.2, 0.25) is 10.2 Å². The number of ether oxygens (including phenoxy) is 1. The van der Waals surface area contributed by atoms with Gasteiger partial charge in [0.25, 0.3) is 0 Å². The minimum atomic E-state index is -4.55. The van der Waals surface area contributed by atoms with E-state index in [1.54, 1.807) is 25.1 Å². The van der Waals surface area contributed by atoms with Gasteiger partial charge in [0, 0.05) is 36.9 Å². The highest BCUT2D eigenvalue weighted by atomic mass is 35.5. The predicted molar refractivity (Wildman–Crippen MR) is 123 cm³/mol. The molecule has 1 saturated heterocycles. The number of pyridine rings is 1. The Balaban J connectivity index is 1.66. The number of aromatic nitrogens is 1. The summed E-state index contributed by atoms with van der Waals surface area (Å²) in [5.74, 6) is -0.0364. The Morgan fingerprint density at radius 2 is 1.94 bits per heavy atom. The van der Waals surface area contributed by atoms with Crippen LogP contribution in [-0.4, -0.2) is 41.0 Å². The maximum atomic E-state index is 13.1. The molecular weight excluding hydrogens is 492 g/mol. The maximum Gasteiger partial charge on any atom is 0.417 e. The number of carbonyl (C=O) groups excluding carboxylic acids is 1. The van der Waals surface area contributed by atoms with E-state index in [0.29, 0.717) is 48.4 Å². The molecule has 1 atom stereocenters. The third-order valence-corrected chi connectivity index (χ3v) is 6.99. The fourth-order valence-corrected chi connectivity index (χ4v) is 5.02. The van der Waals surface area contributed by atoms with Gasteiger partial charge < -0.3 is 10.5 Å². The number of amides is 1. The molecule has 0 unspecified atom stereocenters. The number of carbonyl (C=O) groups is 1. The number of alkyl halides is 3. The number of aliphatic imine (C=N–C) groups is 1. The number of benzene rings is 1. The Morgan fingerprint density at radius 1 is 1.24 bits per heavy atom. The van der Waals surface area contributed by atoms with Crippen molar-refractivity contribution >= 4 is 35.1 Å². The number of hydrogen-bond donors (Lipinski definition) is 1. The topological polar surface area (TPSA) is 80.8 Å². The fraction of sp³-hybridized carbons (Fsp3) is 0.435. The summed E-state index contributed by atoms with van der Waals surface area (Å²) < 4.78 is 44.8. The third-order valence-electron chi connectivity index (χ3n) is 6.21. The van der Waals surface area contributed by atoms with Crippen molar-refractivity contribution in [2.24, 2.45) is 10.7 Å². The number of nitrogens with two attached hydrogens (primary N) is 1. The molecule has 0 spiro atoms. The molecule has 4 rings (SSSR count). The molecule has 0 radical (unpaired) electrons. The van der Waals surface area contributed by atoms with Gasteiger partial charge in [0.05, 0.1) is 17.5 Å². The number of halogens is 5. The van der Waals surface area contributed by atoms with Crippen molar-refractivity contribution in [3.05, 3.63) is 62.9 Å². The Morgan fingerprint density at radius 3 is 2.59 bits per heavy atom. The molecule has 3 heterocycles.